The van der Waals surface area contributed by atoms with E-state index >= 15 is 0 Å². The number of pyridine rings is 1. The number of nitrogens with zero attached hydrogens (tertiary/aromatic N) is 3. The Kier molecular flexibility index (Phi) is 5.73. The van der Waals surface area contributed by atoms with Crippen molar-refractivity contribution in [2.24, 2.45) is 11.7 Å². The Bertz CT molecular complexity index is 825. The molecule has 1 aliphatic rings. The van der Waals surface area contributed by atoms with Gasteiger partial charge in [-0.15, -0.1) is 0 Å². The zero-order valence-electron chi connectivity index (χ0n) is 15.7. The van der Waals surface area contributed by atoms with Crippen LogP contribution in [0, 0.1) is 12.8 Å². The smallest absolute Gasteiger partial charge is 0.289 e. The molecule has 0 saturated carbocycles. The second kappa shape index (κ2) is 8.20. The maximum Gasteiger partial charge on any atom is 0.289 e. The van der Waals surface area contributed by atoms with Gasteiger partial charge in [-0.25, -0.2) is 9.97 Å². The molecule has 3 rings (SSSR count). The molecule has 3 heterocycles. The SMILES string of the molecule is CCc1nc(C)c(C(=O)NCC2CCN(c3ncccc3C(N)=O)CC2)o1. The van der Waals surface area contributed by atoms with Gasteiger partial charge in [0.15, 0.2) is 5.89 Å². The first-order valence-electron chi connectivity index (χ1n) is 9.23. The summed E-state index contributed by atoms with van der Waals surface area (Å²) in [7, 11) is 0. The van der Waals surface area contributed by atoms with E-state index in [0.717, 1.165) is 25.9 Å². The van der Waals surface area contributed by atoms with Crippen LogP contribution in [-0.2, 0) is 6.42 Å². The first kappa shape index (κ1) is 18.9. The lowest BCUT2D eigenvalue weighted by Gasteiger charge is -2.33. The molecule has 2 aromatic rings. The van der Waals surface area contributed by atoms with Crippen molar-refractivity contribution in [3.8, 4) is 0 Å². The summed E-state index contributed by atoms with van der Waals surface area (Å²) in [5.41, 5.74) is 6.50. The molecule has 0 bridgehead atoms. The maximum absolute atomic E-state index is 12.3. The Labute approximate surface area is 158 Å². The Morgan fingerprint density at radius 2 is 2.11 bits per heavy atom. The summed E-state index contributed by atoms with van der Waals surface area (Å²) in [5, 5.41) is 2.95. The van der Waals surface area contributed by atoms with Gasteiger partial charge in [-0.05, 0) is 37.8 Å². The number of oxazole rings is 1. The number of anilines is 1. The summed E-state index contributed by atoms with van der Waals surface area (Å²) in [6.45, 7) is 5.82. The molecule has 0 radical (unpaired) electrons. The predicted molar refractivity (Wildman–Crippen MR) is 101 cm³/mol. The van der Waals surface area contributed by atoms with Gasteiger partial charge in [0.25, 0.3) is 11.8 Å². The van der Waals surface area contributed by atoms with Crippen LogP contribution >= 0.6 is 0 Å². The fourth-order valence-corrected chi connectivity index (χ4v) is 3.32. The molecule has 0 unspecified atom stereocenters. The Morgan fingerprint density at radius 1 is 1.37 bits per heavy atom. The lowest BCUT2D eigenvalue weighted by molar-refractivity contribution is 0.0913. The van der Waals surface area contributed by atoms with E-state index in [2.05, 4.69) is 20.2 Å². The third-order valence-electron chi connectivity index (χ3n) is 4.87. The highest BCUT2D eigenvalue weighted by Gasteiger charge is 2.24. The third kappa shape index (κ3) is 4.27. The predicted octanol–water partition coefficient (Wildman–Crippen LogP) is 1.69. The van der Waals surface area contributed by atoms with Crippen molar-refractivity contribution in [2.45, 2.75) is 33.1 Å². The number of amides is 2. The molecule has 0 aliphatic carbocycles. The standard InChI is InChI=1S/C19H25N5O3/c1-3-15-23-12(2)16(27-15)19(26)22-11-13-6-9-24(10-7-13)18-14(17(20)25)5-4-8-21-18/h4-5,8,13H,3,6-7,9-11H2,1-2H3,(H2,20,25)(H,22,26). The van der Waals surface area contributed by atoms with Crippen LogP contribution in [0.2, 0.25) is 0 Å². The van der Waals surface area contributed by atoms with Gasteiger partial charge in [-0.2, -0.15) is 0 Å². The highest BCUT2D eigenvalue weighted by molar-refractivity contribution is 5.97. The van der Waals surface area contributed by atoms with Gasteiger partial charge in [0.1, 0.15) is 5.82 Å². The molecule has 3 N–H and O–H groups in total. The second-order valence-electron chi connectivity index (χ2n) is 6.75. The van der Waals surface area contributed by atoms with Crippen LogP contribution in [0.4, 0.5) is 5.82 Å². The zero-order valence-corrected chi connectivity index (χ0v) is 15.7. The summed E-state index contributed by atoms with van der Waals surface area (Å²) in [6, 6.07) is 3.41. The van der Waals surface area contributed by atoms with E-state index in [-0.39, 0.29) is 5.91 Å². The first-order valence-corrected chi connectivity index (χ1v) is 9.23. The Balaban J connectivity index is 1.53. The first-order chi connectivity index (χ1) is 13.0. The molecule has 1 saturated heterocycles. The molecular formula is C19H25N5O3. The van der Waals surface area contributed by atoms with Crippen molar-refractivity contribution in [1.29, 1.82) is 0 Å². The van der Waals surface area contributed by atoms with E-state index in [1.165, 1.54) is 0 Å². The minimum absolute atomic E-state index is 0.220. The van der Waals surface area contributed by atoms with Gasteiger partial charge in [0, 0.05) is 32.3 Å². The lowest BCUT2D eigenvalue weighted by Crippen LogP contribution is -2.39. The van der Waals surface area contributed by atoms with Crippen molar-refractivity contribution in [3.05, 3.63) is 41.2 Å². The number of piperidine rings is 1. The molecule has 8 nitrogen and oxygen atoms in total. The fourth-order valence-electron chi connectivity index (χ4n) is 3.32. The fraction of sp³-hybridized carbons (Fsp3) is 0.474. The molecule has 0 atom stereocenters. The summed E-state index contributed by atoms with van der Waals surface area (Å²) >= 11 is 0. The number of hydrogen-bond donors (Lipinski definition) is 2. The van der Waals surface area contributed by atoms with Crippen molar-refractivity contribution in [2.75, 3.05) is 24.5 Å². The number of hydrogen-bond acceptors (Lipinski definition) is 6. The average molecular weight is 371 g/mol. The van der Waals surface area contributed by atoms with E-state index in [1.54, 1.807) is 25.3 Å². The quantitative estimate of drug-likeness (QED) is 0.798. The van der Waals surface area contributed by atoms with Crippen LogP contribution in [0.15, 0.2) is 22.7 Å². The number of primary amides is 1. The molecule has 144 valence electrons. The Hall–Kier alpha value is -2.90. The number of carbonyl (C=O) groups excluding carboxylic acids is 2. The largest absolute Gasteiger partial charge is 0.435 e. The van der Waals surface area contributed by atoms with Crippen LogP contribution in [-0.4, -0.2) is 41.4 Å². The molecule has 0 spiro atoms. The molecule has 27 heavy (non-hydrogen) atoms. The molecule has 2 amide bonds. The Morgan fingerprint density at radius 3 is 2.74 bits per heavy atom. The molecular weight excluding hydrogens is 346 g/mol. The van der Waals surface area contributed by atoms with Crippen LogP contribution in [0.25, 0.3) is 0 Å². The summed E-state index contributed by atoms with van der Waals surface area (Å²) in [5.74, 6) is 1.18. The van der Waals surface area contributed by atoms with E-state index < -0.39 is 5.91 Å². The molecule has 1 aliphatic heterocycles. The van der Waals surface area contributed by atoms with Crippen molar-refractivity contribution >= 4 is 17.6 Å². The van der Waals surface area contributed by atoms with Crippen molar-refractivity contribution in [1.82, 2.24) is 15.3 Å². The van der Waals surface area contributed by atoms with E-state index in [9.17, 15) is 9.59 Å². The zero-order chi connectivity index (χ0) is 19.4. The van der Waals surface area contributed by atoms with Gasteiger partial charge >= 0.3 is 0 Å². The molecule has 8 heteroatoms. The molecule has 1 fully saturated rings. The third-order valence-corrected chi connectivity index (χ3v) is 4.87. The number of rotatable bonds is 6. The van der Waals surface area contributed by atoms with Gasteiger partial charge in [0.05, 0.1) is 11.3 Å². The monoisotopic (exact) mass is 371 g/mol. The topological polar surface area (TPSA) is 114 Å². The van der Waals surface area contributed by atoms with Crippen molar-refractivity contribution in [3.63, 3.8) is 0 Å². The number of nitrogens with two attached hydrogens (primary N) is 1. The minimum atomic E-state index is -0.471. The highest BCUT2D eigenvalue weighted by atomic mass is 16.4. The number of aryl methyl sites for hydroxylation is 2. The van der Waals surface area contributed by atoms with E-state index in [4.69, 9.17) is 10.2 Å². The minimum Gasteiger partial charge on any atom is -0.435 e. The van der Waals surface area contributed by atoms with Crippen LogP contribution in [0.5, 0.6) is 0 Å². The average Bonchev–Trinajstić information content (AvgIpc) is 3.07. The number of carbonyl (C=O) groups is 2. The molecule has 0 aromatic carbocycles. The van der Waals surface area contributed by atoms with Crippen molar-refractivity contribution < 1.29 is 14.0 Å². The summed E-state index contributed by atoms with van der Waals surface area (Å²) in [6.07, 6.45) is 4.11. The summed E-state index contributed by atoms with van der Waals surface area (Å²) in [4.78, 5) is 34.5. The van der Waals surface area contributed by atoms with E-state index in [0.29, 0.717) is 47.6 Å². The van der Waals surface area contributed by atoms with Gasteiger partial charge in [0.2, 0.25) is 5.76 Å². The number of aromatic nitrogens is 2. The van der Waals surface area contributed by atoms with Gasteiger partial charge in [-0.1, -0.05) is 6.92 Å². The highest BCUT2D eigenvalue weighted by Crippen LogP contribution is 2.24. The molecule has 2 aromatic heterocycles. The maximum atomic E-state index is 12.3. The summed E-state index contributed by atoms with van der Waals surface area (Å²) < 4.78 is 5.49. The van der Waals surface area contributed by atoms with Gasteiger partial charge in [-0.3, -0.25) is 9.59 Å². The lowest BCUT2D eigenvalue weighted by atomic mass is 9.96. The van der Waals surface area contributed by atoms with Crippen LogP contribution in [0.1, 0.15) is 52.3 Å². The van der Waals surface area contributed by atoms with Crippen LogP contribution in [0.3, 0.4) is 0 Å². The second-order valence-corrected chi connectivity index (χ2v) is 6.75. The number of nitrogens with one attached hydrogen (secondary N) is 1. The van der Waals surface area contributed by atoms with E-state index in [1.807, 2.05) is 6.92 Å². The van der Waals surface area contributed by atoms with Crippen LogP contribution < -0.4 is 16.0 Å². The normalized spacial score (nSPS) is 15.0. The van der Waals surface area contributed by atoms with Gasteiger partial charge < -0.3 is 20.4 Å².